The highest BCUT2D eigenvalue weighted by atomic mass is 79.9. The van der Waals surface area contributed by atoms with E-state index in [4.69, 9.17) is 0 Å². The average molecular weight is 353 g/mol. The summed E-state index contributed by atoms with van der Waals surface area (Å²) in [5.41, 5.74) is 1.26. The number of halogens is 1. The van der Waals surface area contributed by atoms with Gasteiger partial charge in [-0.2, -0.15) is 0 Å². The molecule has 2 heterocycles. The van der Waals surface area contributed by atoms with E-state index in [0.717, 1.165) is 30.3 Å². The lowest BCUT2D eigenvalue weighted by molar-refractivity contribution is 0.536. The highest BCUT2D eigenvalue weighted by Gasteiger charge is 2.14. The van der Waals surface area contributed by atoms with Gasteiger partial charge in [-0.1, -0.05) is 13.8 Å². The van der Waals surface area contributed by atoms with Crippen LogP contribution in [0.2, 0.25) is 0 Å². The molecule has 0 aromatic carbocycles. The van der Waals surface area contributed by atoms with Gasteiger partial charge in [0.05, 0.1) is 0 Å². The number of nitrogens with one attached hydrogen (secondary N) is 1. The van der Waals surface area contributed by atoms with E-state index in [1.807, 2.05) is 23.7 Å². The Balaban J connectivity index is 2.14. The summed E-state index contributed by atoms with van der Waals surface area (Å²) in [6.07, 6.45) is 7.04. The molecule has 1 N–H and O–H groups in total. The minimum absolute atomic E-state index is 0.386. The van der Waals surface area contributed by atoms with Crippen LogP contribution in [0.25, 0.3) is 0 Å². The van der Waals surface area contributed by atoms with Crippen LogP contribution in [0.5, 0.6) is 0 Å². The van der Waals surface area contributed by atoms with Crippen LogP contribution in [0.1, 0.15) is 41.6 Å². The molecular formula is C16H21BrN2S. The Labute approximate surface area is 133 Å². The van der Waals surface area contributed by atoms with Gasteiger partial charge < -0.3 is 5.32 Å². The number of hydrogen-bond acceptors (Lipinski definition) is 3. The SMILES string of the molecule is CCCNC(Cc1cncc(Br)c1)c1ccc(CC)s1. The molecule has 2 nitrogen and oxygen atoms in total. The normalized spacial score (nSPS) is 12.6. The lowest BCUT2D eigenvalue weighted by Gasteiger charge is -2.17. The Morgan fingerprint density at radius 3 is 2.80 bits per heavy atom. The summed E-state index contributed by atoms with van der Waals surface area (Å²) < 4.78 is 1.05. The van der Waals surface area contributed by atoms with Crippen LogP contribution in [0.15, 0.2) is 35.1 Å². The Hall–Kier alpha value is -0.710. The van der Waals surface area contributed by atoms with E-state index in [0.29, 0.717) is 6.04 Å². The summed E-state index contributed by atoms with van der Waals surface area (Å²) in [6.45, 7) is 5.46. The van der Waals surface area contributed by atoms with Gasteiger partial charge in [-0.15, -0.1) is 11.3 Å². The smallest absolute Gasteiger partial charge is 0.0456 e. The van der Waals surface area contributed by atoms with Gasteiger partial charge in [0.15, 0.2) is 0 Å². The molecule has 1 unspecified atom stereocenters. The van der Waals surface area contributed by atoms with E-state index in [2.05, 4.69) is 58.3 Å². The lowest BCUT2D eigenvalue weighted by Crippen LogP contribution is -2.23. The van der Waals surface area contributed by atoms with E-state index in [1.165, 1.54) is 15.3 Å². The van der Waals surface area contributed by atoms with Crippen molar-refractivity contribution in [3.63, 3.8) is 0 Å². The molecule has 2 rings (SSSR count). The van der Waals surface area contributed by atoms with Crippen molar-refractivity contribution in [3.8, 4) is 0 Å². The summed E-state index contributed by atoms with van der Waals surface area (Å²) in [5.74, 6) is 0. The lowest BCUT2D eigenvalue weighted by atomic mass is 10.1. The van der Waals surface area contributed by atoms with Crippen LogP contribution >= 0.6 is 27.3 Å². The highest BCUT2D eigenvalue weighted by molar-refractivity contribution is 9.10. The third-order valence-corrected chi connectivity index (χ3v) is 4.99. The standard InChI is InChI=1S/C16H21BrN2S/c1-3-7-19-15(16-6-5-14(4-2)20-16)9-12-8-13(17)11-18-10-12/h5-6,8,10-11,15,19H,3-4,7,9H2,1-2H3. The van der Waals surface area contributed by atoms with Crippen molar-refractivity contribution in [1.29, 1.82) is 0 Å². The second-order valence-corrected chi connectivity index (χ2v) is 7.00. The topological polar surface area (TPSA) is 24.9 Å². The van der Waals surface area contributed by atoms with Crippen LogP contribution < -0.4 is 5.32 Å². The number of nitrogens with zero attached hydrogens (tertiary/aromatic N) is 1. The average Bonchev–Trinajstić information content (AvgIpc) is 2.92. The Morgan fingerprint density at radius 2 is 2.15 bits per heavy atom. The molecule has 0 aliphatic heterocycles. The first-order valence-electron chi connectivity index (χ1n) is 7.14. The second kappa shape index (κ2) is 7.91. The van der Waals surface area contributed by atoms with Crippen LogP contribution in [0.3, 0.4) is 0 Å². The fraction of sp³-hybridized carbons (Fsp3) is 0.438. The van der Waals surface area contributed by atoms with Gasteiger partial charge >= 0.3 is 0 Å². The Morgan fingerprint density at radius 1 is 1.30 bits per heavy atom. The Kier molecular flexibility index (Phi) is 6.20. The summed E-state index contributed by atoms with van der Waals surface area (Å²) in [7, 11) is 0. The first kappa shape index (κ1) is 15.7. The molecule has 0 saturated heterocycles. The molecule has 0 amide bonds. The zero-order valence-electron chi connectivity index (χ0n) is 12.0. The first-order valence-corrected chi connectivity index (χ1v) is 8.75. The number of rotatable bonds is 7. The third-order valence-electron chi connectivity index (χ3n) is 3.22. The summed E-state index contributed by atoms with van der Waals surface area (Å²) in [4.78, 5) is 7.14. The number of aromatic nitrogens is 1. The molecule has 2 aromatic rings. The third kappa shape index (κ3) is 4.40. The van der Waals surface area contributed by atoms with E-state index in [-0.39, 0.29) is 0 Å². The highest BCUT2D eigenvalue weighted by Crippen LogP contribution is 2.27. The molecule has 0 radical (unpaired) electrons. The zero-order valence-corrected chi connectivity index (χ0v) is 14.4. The monoisotopic (exact) mass is 352 g/mol. The quantitative estimate of drug-likeness (QED) is 0.777. The van der Waals surface area contributed by atoms with Crippen LogP contribution in [0.4, 0.5) is 0 Å². The molecule has 0 fully saturated rings. The van der Waals surface area contributed by atoms with Gasteiger partial charge in [-0.25, -0.2) is 0 Å². The van der Waals surface area contributed by atoms with Gasteiger partial charge in [0, 0.05) is 32.7 Å². The second-order valence-electron chi connectivity index (χ2n) is 4.88. The van der Waals surface area contributed by atoms with Crippen LogP contribution in [0, 0.1) is 0 Å². The molecule has 0 aliphatic carbocycles. The van der Waals surface area contributed by atoms with Gasteiger partial charge in [-0.3, -0.25) is 4.98 Å². The zero-order chi connectivity index (χ0) is 14.4. The van der Waals surface area contributed by atoms with Crippen molar-refractivity contribution in [2.24, 2.45) is 0 Å². The van der Waals surface area contributed by atoms with Crippen molar-refractivity contribution >= 4 is 27.3 Å². The summed E-state index contributed by atoms with van der Waals surface area (Å²) in [6, 6.07) is 7.06. The fourth-order valence-electron chi connectivity index (χ4n) is 2.17. The predicted molar refractivity (Wildman–Crippen MR) is 90.4 cm³/mol. The van der Waals surface area contributed by atoms with Crippen molar-refractivity contribution in [3.05, 3.63) is 50.4 Å². The van der Waals surface area contributed by atoms with Gasteiger partial charge in [0.1, 0.15) is 0 Å². The molecule has 0 spiro atoms. The molecule has 0 bridgehead atoms. The maximum absolute atomic E-state index is 4.26. The van der Waals surface area contributed by atoms with Crippen molar-refractivity contribution in [2.75, 3.05) is 6.54 Å². The van der Waals surface area contributed by atoms with Crippen LogP contribution in [-0.2, 0) is 12.8 Å². The minimum atomic E-state index is 0.386. The Bertz CT molecular complexity index is 539. The number of thiophene rings is 1. The van der Waals surface area contributed by atoms with E-state index < -0.39 is 0 Å². The number of hydrogen-bond donors (Lipinski definition) is 1. The van der Waals surface area contributed by atoms with Crippen LogP contribution in [-0.4, -0.2) is 11.5 Å². The molecule has 108 valence electrons. The molecule has 0 saturated carbocycles. The number of pyridine rings is 1. The van der Waals surface area contributed by atoms with E-state index in [1.54, 1.807) is 0 Å². The molecular weight excluding hydrogens is 332 g/mol. The predicted octanol–water partition coefficient (Wildman–Crippen LogP) is 4.75. The maximum atomic E-state index is 4.26. The van der Waals surface area contributed by atoms with Gasteiger partial charge in [0.25, 0.3) is 0 Å². The minimum Gasteiger partial charge on any atom is -0.309 e. The molecule has 2 aromatic heterocycles. The van der Waals surface area contributed by atoms with E-state index >= 15 is 0 Å². The first-order chi connectivity index (χ1) is 9.72. The van der Waals surface area contributed by atoms with Crippen molar-refractivity contribution < 1.29 is 0 Å². The summed E-state index contributed by atoms with van der Waals surface area (Å²) >= 11 is 5.42. The largest absolute Gasteiger partial charge is 0.309 e. The molecule has 20 heavy (non-hydrogen) atoms. The molecule has 4 heteroatoms. The molecule has 1 atom stereocenters. The number of aryl methyl sites for hydroxylation is 1. The van der Waals surface area contributed by atoms with Gasteiger partial charge in [-0.05, 0) is 65.5 Å². The maximum Gasteiger partial charge on any atom is 0.0456 e. The van der Waals surface area contributed by atoms with E-state index in [9.17, 15) is 0 Å². The van der Waals surface area contributed by atoms with Gasteiger partial charge in [0.2, 0.25) is 0 Å². The van der Waals surface area contributed by atoms with Crippen molar-refractivity contribution in [1.82, 2.24) is 10.3 Å². The van der Waals surface area contributed by atoms with Crippen molar-refractivity contribution in [2.45, 2.75) is 39.2 Å². The summed E-state index contributed by atoms with van der Waals surface area (Å²) in [5, 5.41) is 3.66. The molecule has 0 aliphatic rings. The fourth-order valence-corrected chi connectivity index (χ4v) is 3.61.